The zero-order valence-electron chi connectivity index (χ0n) is 17.1. The number of methoxy groups -OCH3 is 1. The van der Waals surface area contributed by atoms with Crippen LogP contribution in [0.1, 0.15) is 20.8 Å². The van der Waals surface area contributed by atoms with Crippen molar-refractivity contribution in [1.82, 2.24) is 0 Å². The lowest BCUT2D eigenvalue weighted by atomic mass is 10.0. The third-order valence-corrected chi connectivity index (χ3v) is 5.44. The van der Waals surface area contributed by atoms with Gasteiger partial charge in [-0.2, -0.15) is 0 Å². The molecule has 3 saturated heterocycles. The summed E-state index contributed by atoms with van der Waals surface area (Å²) in [6.07, 6.45) is -3.12. The second-order valence-electron chi connectivity index (χ2n) is 7.86. The van der Waals surface area contributed by atoms with Crippen LogP contribution >= 0.6 is 0 Å². The topological polar surface area (TPSA) is 115 Å². The van der Waals surface area contributed by atoms with E-state index in [4.69, 9.17) is 33.2 Å². The lowest BCUT2D eigenvalue weighted by Crippen LogP contribution is -2.50. The summed E-state index contributed by atoms with van der Waals surface area (Å²) < 4.78 is 38.5. The highest BCUT2D eigenvalue weighted by Crippen LogP contribution is 2.25. The molecular formula is C19H34O9. The maximum Gasteiger partial charge on any atom is 0.114 e. The first kappa shape index (κ1) is 22.3. The van der Waals surface area contributed by atoms with Crippen LogP contribution < -0.4 is 0 Å². The zero-order valence-corrected chi connectivity index (χ0v) is 17.1. The van der Waals surface area contributed by atoms with Gasteiger partial charge in [0.15, 0.2) is 0 Å². The quantitative estimate of drug-likeness (QED) is 0.347. The predicted octanol–water partition coefficient (Wildman–Crippen LogP) is -0.496. The lowest BCUT2D eigenvalue weighted by Gasteiger charge is -2.32. The van der Waals surface area contributed by atoms with Crippen LogP contribution in [0.3, 0.4) is 0 Å². The molecule has 0 saturated carbocycles. The predicted molar refractivity (Wildman–Crippen MR) is 97.2 cm³/mol. The van der Waals surface area contributed by atoms with E-state index in [0.29, 0.717) is 13.2 Å². The van der Waals surface area contributed by atoms with Gasteiger partial charge in [0, 0.05) is 7.11 Å². The van der Waals surface area contributed by atoms with Gasteiger partial charge in [-0.1, -0.05) is 0 Å². The molecule has 9 heteroatoms. The fourth-order valence-corrected chi connectivity index (χ4v) is 3.10. The summed E-state index contributed by atoms with van der Waals surface area (Å²) in [5, 5.41) is 21.4. The van der Waals surface area contributed by atoms with Gasteiger partial charge < -0.3 is 43.4 Å². The minimum Gasteiger partial charge on any atom is -0.388 e. The number of aliphatic hydroxyl groups excluding tert-OH is 2. The molecule has 0 radical (unpaired) electrons. The second-order valence-corrected chi connectivity index (χ2v) is 7.86. The van der Waals surface area contributed by atoms with E-state index in [1.54, 1.807) is 0 Å². The van der Waals surface area contributed by atoms with Crippen LogP contribution in [0.2, 0.25) is 0 Å². The first-order chi connectivity index (χ1) is 13.4. The fraction of sp³-hybridized carbons (Fsp3) is 1.00. The molecule has 3 rings (SSSR count). The maximum absolute atomic E-state index is 10.9. The van der Waals surface area contributed by atoms with Crippen LogP contribution in [0.5, 0.6) is 0 Å². The summed E-state index contributed by atoms with van der Waals surface area (Å²) in [6.45, 7) is 7.15. The molecule has 0 spiro atoms. The molecule has 9 nitrogen and oxygen atoms in total. The highest BCUT2D eigenvalue weighted by Gasteiger charge is 2.41. The van der Waals surface area contributed by atoms with Gasteiger partial charge in [-0.15, -0.1) is 0 Å². The largest absolute Gasteiger partial charge is 0.388 e. The summed E-state index contributed by atoms with van der Waals surface area (Å²) in [6, 6.07) is 0. The molecule has 0 aromatic heterocycles. The first-order valence-corrected chi connectivity index (χ1v) is 10.0. The van der Waals surface area contributed by atoms with E-state index >= 15 is 0 Å². The molecule has 0 aromatic rings. The molecule has 0 aromatic carbocycles. The lowest BCUT2D eigenvalue weighted by molar-refractivity contribution is -0.169. The number of ether oxygens (including phenoxy) is 7. The van der Waals surface area contributed by atoms with Crippen LogP contribution in [-0.2, 0) is 33.2 Å². The van der Waals surface area contributed by atoms with Gasteiger partial charge in [-0.25, -0.2) is 0 Å². The first-order valence-electron chi connectivity index (χ1n) is 10.0. The molecule has 2 N–H and O–H groups in total. The van der Waals surface area contributed by atoms with E-state index in [2.05, 4.69) is 0 Å². The van der Waals surface area contributed by atoms with Crippen molar-refractivity contribution in [3.8, 4) is 0 Å². The average Bonchev–Trinajstić information content (AvgIpc) is 3.59. The van der Waals surface area contributed by atoms with Crippen LogP contribution in [0, 0.1) is 0 Å². The monoisotopic (exact) mass is 406 g/mol. The molecule has 28 heavy (non-hydrogen) atoms. The Balaban J connectivity index is 1.54. The Morgan fingerprint density at radius 3 is 1.79 bits per heavy atom. The highest BCUT2D eigenvalue weighted by atomic mass is 16.6. The van der Waals surface area contributed by atoms with Crippen molar-refractivity contribution < 1.29 is 43.4 Å². The minimum absolute atomic E-state index is 0.0190. The van der Waals surface area contributed by atoms with Gasteiger partial charge in [0.25, 0.3) is 0 Å². The Bertz CT molecular complexity index is 478. The number of rotatable bonds is 15. The molecule has 0 aliphatic carbocycles. The summed E-state index contributed by atoms with van der Waals surface area (Å²) in [5.41, 5.74) is 0. The van der Waals surface area contributed by atoms with Gasteiger partial charge in [-0.05, 0) is 20.8 Å². The maximum atomic E-state index is 10.9. The normalized spacial score (nSPS) is 37.9. The SMILES string of the molecule is COCC(O)C(OCC1OC1C)C(O)C(COCC1OC1C)OCC1OC1C. The van der Waals surface area contributed by atoms with Crippen LogP contribution in [0.25, 0.3) is 0 Å². The molecule has 10 atom stereocenters. The Morgan fingerprint density at radius 1 is 0.786 bits per heavy atom. The molecule has 3 heterocycles. The summed E-state index contributed by atoms with van der Waals surface area (Å²) in [5.74, 6) is 0. The standard InChI is InChI=1S/C19H34O9/c1-10-14(26-10)6-23-7-17(24-8-15-11(2)27-15)18(21)19(13(20)5-22-4)25-9-16-12(3)28-16/h10-21H,5-9H2,1-4H3. The van der Waals surface area contributed by atoms with Gasteiger partial charge >= 0.3 is 0 Å². The van der Waals surface area contributed by atoms with Crippen molar-refractivity contribution in [2.24, 2.45) is 0 Å². The second kappa shape index (κ2) is 10.1. The van der Waals surface area contributed by atoms with Gasteiger partial charge in [0.05, 0.1) is 51.3 Å². The smallest absolute Gasteiger partial charge is 0.114 e. The van der Waals surface area contributed by atoms with Crippen LogP contribution in [0.4, 0.5) is 0 Å². The Morgan fingerprint density at radius 2 is 1.29 bits per heavy atom. The molecular weight excluding hydrogens is 372 g/mol. The number of aliphatic hydroxyl groups is 2. The van der Waals surface area contributed by atoms with Crippen molar-refractivity contribution in [1.29, 1.82) is 0 Å². The van der Waals surface area contributed by atoms with E-state index in [1.165, 1.54) is 7.11 Å². The van der Waals surface area contributed by atoms with Crippen molar-refractivity contribution >= 4 is 0 Å². The minimum atomic E-state index is -1.11. The summed E-state index contributed by atoms with van der Waals surface area (Å²) >= 11 is 0. The van der Waals surface area contributed by atoms with E-state index in [1.807, 2.05) is 20.8 Å². The summed E-state index contributed by atoms with van der Waals surface area (Å²) in [7, 11) is 1.48. The van der Waals surface area contributed by atoms with E-state index < -0.39 is 24.4 Å². The molecule has 0 amide bonds. The molecule has 3 fully saturated rings. The third-order valence-electron chi connectivity index (χ3n) is 5.44. The summed E-state index contributed by atoms with van der Waals surface area (Å²) in [4.78, 5) is 0. The van der Waals surface area contributed by atoms with Gasteiger partial charge in [0.2, 0.25) is 0 Å². The molecule has 164 valence electrons. The molecule has 0 bridgehead atoms. The fourth-order valence-electron chi connectivity index (χ4n) is 3.10. The third kappa shape index (κ3) is 6.58. The highest BCUT2D eigenvalue weighted by molar-refractivity contribution is 4.88. The number of hydrogen-bond acceptors (Lipinski definition) is 9. The van der Waals surface area contributed by atoms with Gasteiger partial charge in [-0.3, -0.25) is 0 Å². The van der Waals surface area contributed by atoms with Crippen LogP contribution in [-0.4, -0.2) is 111 Å². The van der Waals surface area contributed by atoms with E-state index in [9.17, 15) is 10.2 Å². The van der Waals surface area contributed by atoms with Crippen LogP contribution in [0.15, 0.2) is 0 Å². The molecule has 3 aliphatic rings. The van der Waals surface area contributed by atoms with Crippen molar-refractivity contribution in [3.05, 3.63) is 0 Å². The van der Waals surface area contributed by atoms with Crippen molar-refractivity contribution in [2.45, 2.75) is 81.8 Å². The van der Waals surface area contributed by atoms with E-state index in [-0.39, 0.29) is 56.4 Å². The number of epoxide rings is 3. The average molecular weight is 406 g/mol. The molecule has 3 aliphatic heterocycles. The number of hydrogen-bond donors (Lipinski definition) is 2. The van der Waals surface area contributed by atoms with Crippen molar-refractivity contribution in [3.63, 3.8) is 0 Å². The zero-order chi connectivity index (χ0) is 20.3. The van der Waals surface area contributed by atoms with Crippen molar-refractivity contribution in [2.75, 3.05) is 40.1 Å². The Hall–Kier alpha value is -0.360. The van der Waals surface area contributed by atoms with E-state index in [0.717, 1.165) is 0 Å². The van der Waals surface area contributed by atoms with Gasteiger partial charge in [0.1, 0.15) is 42.7 Å². The Labute approximate surface area is 166 Å². The Kier molecular flexibility index (Phi) is 8.05. The molecule has 10 unspecified atom stereocenters.